The highest BCUT2D eigenvalue weighted by atomic mass is 19.1. The fraction of sp³-hybridized carbons (Fsp3) is 0.400. The summed E-state index contributed by atoms with van der Waals surface area (Å²) in [6.07, 6.45) is 0.356. The second kappa shape index (κ2) is 10.8. The van der Waals surface area contributed by atoms with Gasteiger partial charge in [0.05, 0.1) is 13.1 Å². The number of nitrogens with one attached hydrogen (secondary N) is 1. The van der Waals surface area contributed by atoms with Crippen LogP contribution in [0.3, 0.4) is 0 Å². The van der Waals surface area contributed by atoms with Gasteiger partial charge < -0.3 is 20.9 Å². The number of carbonyl (C=O) groups is 3. The molecule has 35 heavy (non-hydrogen) atoms. The van der Waals surface area contributed by atoms with Crippen molar-refractivity contribution in [1.29, 1.82) is 0 Å². The number of piperazine rings is 1. The number of hydrogen-bond donors (Lipinski definition) is 2. The van der Waals surface area contributed by atoms with Crippen molar-refractivity contribution < 1.29 is 18.8 Å². The lowest BCUT2D eigenvalue weighted by atomic mass is 10.0. The van der Waals surface area contributed by atoms with Crippen LogP contribution in [0.15, 0.2) is 54.6 Å². The highest BCUT2D eigenvalue weighted by molar-refractivity contribution is 5.91. The molecule has 2 aliphatic rings. The monoisotopic (exact) mass is 482 g/mol. The number of hydrogen-bond acceptors (Lipinski definition) is 5. The van der Waals surface area contributed by atoms with Gasteiger partial charge in [-0.05, 0) is 42.6 Å². The van der Waals surface area contributed by atoms with Crippen LogP contribution < -0.4 is 11.1 Å². The molecule has 10 heteroatoms. The number of halogens is 1. The summed E-state index contributed by atoms with van der Waals surface area (Å²) >= 11 is 0. The van der Waals surface area contributed by atoms with Gasteiger partial charge >= 0.3 is 6.03 Å². The van der Waals surface area contributed by atoms with Crippen LogP contribution in [0.5, 0.6) is 0 Å². The Morgan fingerprint density at radius 1 is 1.09 bits per heavy atom. The molecule has 3 N–H and O–H groups in total. The Morgan fingerprint density at radius 2 is 1.80 bits per heavy atom. The summed E-state index contributed by atoms with van der Waals surface area (Å²) in [6.45, 7) is 1.15. The molecule has 0 radical (unpaired) electrons. The maximum Gasteiger partial charge on any atom is 0.334 e. The predicted octanol–water partition coefficient (Wildman–Crippen LogP) is 1.50. The molecule has 0 saturated carbocycles. The van der Waals surface area contributed by atoms with Gasteiger partial charge in [0, 0.05) is 20.1 Å². The van der Waals surface area contributed by atoms with Crippen LogP contribution in [0.1, 0.15) is 24.0 Å². The summed E-state index contributed by atoms with van der Waals surface area (Å²) in [7, 11) is 1.68. The SMILES string of the molecule is CN1CC(=O)N2[C@@H](CCCN)C(=O)N(Cc3ccccc3)C[C@@H]2N1C(=O)NCc1ccc(F)cc1. The molecule has 0 aliphatic carbocycles. The van der Waals surface area contributed by atoms with Gasteiger partial charge in [-0.3, -0.25) is 9.59 Å². The van der Waals surface area contributed by atoms with Gasteiger partial charge in [0.25, 0.3) is 0 Å². The molecule has 2 fully saturated rings. The minimum Gasteiger partial charge on any atom is -0.333 e. The quantitative estimate of drug-likeness (QED) is 0.623. The maximum atomic E-state index is 13.5. The number of urea groups is 1. The highest BCUT2D eigenvalue weighted by Gasteiger charge is 2.50. The largest absolute Gasteiger partial charge is 0.334 e. The van der Waals surface area contributed by atoms with E-state index in [0.29, 0.717) is 25.9 Å². The van der Waals surface area contributed by atoms with E-state index in [2.05, 4.69) is 5.32 Å². The van der Waals surface area contributed by atoms with Crippen molar-refractivity contribution in [3.05, 3.63) is 71.5 Å². The van der Waals surface area contributed by atoms with E-state index in [1.54, 1.807) is 34.0 Å². The number of nitrogens with two attached hydrogens (primary N) is 1. The zero-order chi connectivity index (χ0) is 24.9. The lowest BCUT2D eigenvalue weighted by Crippen LogP contribution is -2.75. The first-order chi connectivity index (χ1) is 16.9. The van der Waals surface area contributed by atoms with Crippen molar-refractivity contribution in [3.63, 3.8) is 0 Å². The van der Waals surface area contributed by atoms with E-state index in [1.807, 2.05) is 30.3 Å². The van der Waals surface area contributed by atoms with Crippen LogP contribution in [-0.2, 0) is 22.7 Å². The molecule has 9 nitrogen and oxygen atoms in total. The molecule has 0 bridgehead atoms. The lowest BCUT2D eigenvalue weighted by molar-refractivity contribution is -0.188. The van der Waals surface area contributed by atoms with Crippen LogP contribution in [0, 0.1) is 5.82 Å². The molecule has 4 rings (SSSR count). The number of amides is 4. The van der Waals surface area contributed by atoms with Crippen molar-refractivity contribution in [2.45, 2.75) is 38.1 Å². The molecular formula is C25H31FN6O3. The van der Waals surface area contributed by atoms with Crippen molar-refractivity contribution in [2.24, 2.45) is 5.73 Å². The molecule has 2 aliphatic heterocycles. The molecule has 4 amide bonds. The topological polar surface area (TPSA) is 102 Å². The molecular weight excluding hydrogens is 451 g/mol. The van der Waals surface area contributed by atoms with E-state index >= 15 is 0 Å². The first-order valence-corrected chi connectivity index (χ1v) is 11.8. The highest BCUT2D eigenvalue weighted by Crippen LogP contribution is 2.28. The summed E-state index contributed by atoms with van der Waals surface area (Å²) in [5.41, 5.74) is 7.43. The molecule has 2 aromatic carbocycles. The Balaban J connectivity index is 1.58. The Kier molecular flexibility index (Phi) is 7.62. The number of nitrogens with zero attached hydrogens (tertiary/aromatic N) is 4. The third-order valence-corrected chi connectivity index (χ3v) is 6.40. The Morgan fingerprint density at radius 3 is 2.49 bits per heavy atom. The molecule has 2 atom stereocenters. The van der Waals surface area contributed by atoms with Gasteiger partial charge in [-0.2, -0.15) is 0 Å². The second-order valence-electron chi connectivity index (χ2n) is 8.88. The van der Waals surface area contributed by atoms with Gasteiger partial charge in [-0.15, -0.1) is 0 Å². The summed E-state index contributed by atoms with van der Waals surface area (Å²) in [6, 6.07) is 14.4. The number of benzene rings is 2. The van der Waals surface area contributed by atoms with Crippen LogP contribution in [-0.4, -0.2) is 76.6 Å². The van der Waals surface area contributed by atoms with E-state index in [4.69, 9.17) is 5.73 Å². The first-order valence-electron chi connectivity index (χ1n) is 11.8. The third-order valence-electron chi connectivity index (χ3n) is 6.40. The Bertz CT molecular complexity index is 1050. The third kappa shape index (κ3) is 5.44. The number of carbonyl (C=O) groups excluding carboxylic acids is 3. The maximum absolute atomic E-state index is 13.5. The van der Waals surface area contributed by atoms with E-state index < -0.39 is 18.2 Å². The summed E-state index contributed by atoms with van der Waals surface area (Å²) in [5.74, 6) is -0.683. The fourth-order valence-electron chi connectivity index (χ4n) is 4.70. The summed E-state index contributed by atoms with van der Waals surface area (Å²) in [5, 5.41) is 5.95. The van der Waals surface area contributed by atoms with Crippen LogP contribution in [0.2, 0.25) is 0 Å². The van der Waals surface area contributed by atoms with E-state index in [0.717, 1.165) is 11.1 Å². The Labute approximate surface area is 204 Å². The fourth-order valence-corrected chi connectivity index (χ4v) is 4.70. The number of rotatable bonds is 7. The Hall–Kier alpha value is -3.50. The molecule has 0 aromatic heterocycles. The standard InChI is InChI=1S/C25H31FN6O3/c1-29-17-23(33)31-21(8-5-13-27)24(34)30(15-19-6-3-2-4-7-19)16-22(31)32(29)25(35)28-14-18-9-11-20(26)12-10-18/h2-4,6-7,9-12,21-22H,5,8,13-17,27H2,1H3,(H,28,35)/t21-,22-/m0/s1. The van der Waals surface area contributed by atoms with Crippen LogP contribution in [0.25, 0.3) is 0 Å². The van der Waals surface area contributed by atoms with Crippen LogP contribution >= 0.6 is 0 Å². The van der Waals surface area contributed by atoms with Crippen molar-refractivity contribution >= 4 is 17.8 Å². The summed E-state index contributed by atoms with van der Waals surface area (Å²) < 4.78 is 13.2. The van der Waals surface area contributed by atoms with Gasteiger partial charge in [-0.1, -0.05) is 42.5 Å². The average molecular weight is 483 g/mol. The smallest absolute Gasteiger partial charge is 0.333 e. The van der Waals surface area contributed by atoms with Gasteiger partial charge in [0.1, 0.15) is 18.0 Å². The number of fused-ring (bicyclic) bond motifs is 1. The van der Waals surface area contributed by atoms with Crippen LogP contribution in [0.4, 0.5) is 9.18 Å². The van der Waals surface area contributed by atoms with Gasteiger partial charge in [-0.25, -0.2) is 19.2 Å². The van der Waals surface area contributed by atoms with Crippen molar-refractivity contribution in [1.82, 2.24) is 25.1 Å². The molecule has 2 saturated heterocycles. The molecule has 186 valence electrons. The zero-order valence-electron chi connectivity index (χ0n) is 19.8. The number of hydrazine groups is 1. The first kappa shape index (κ1) is 24.6. The lowest BCUT2D eigenvalue weighted by Gasteiger charge is -2.54. The predicted molar refractivity (Wildman–Crippen MR) is 128 cm³/mol. The minimum absolute atomic E-state index is 0.0223. The summed E-state index contributed by atoms with van der Waals surface area (Å²) in [4.78, 5) is 43.1. The zero-order valence-corrected chi connectivity index (χ0v) is 19.8. The van der Waals surface area contributed by atoms with Crippen molar-refractivity contribution in [2.75, 3.05) is 26.7 Å². The average Bonchev–Trinajstić information content (AvgIpc) is 2.84. The van der Waals surface area contributed by atoms with Crippen molar-refractivity contribution in [3.8, 4) is 0 Å². The van der Waals surface area contributed by atoms with E-state index in [-0.39, 0.29) is 37.3 Å². The van der Waals surface area contributed by atoms with Gasteiger partial charge in [0.15, 0.2) is 0 Å². The molecule has 2 heterocycles. The normalized spacial score (nSPS) is 20.7. The second-order valence-corrected chi connectivity index (χ2v) is 8.88. The number of likely N-dealkylation sites (N-methyl/N-ethyl adjacent to an activating group) is 1. The van der Waals surface area contributed by atoms with E-state index in [9.17, 15) is 18.8 Å². The molecule has 2 aromatic rings. The van der Waals surface area contributed by atoms with E-state index in [1.165, 1.54) is 17.1 Å². The van der Waals surface area contributed by atoms with Gasteiger partial charge in [0.2, 0.25) is 11.8 Å². The molecule has 0 unspecified atom stereocenters. The minimum atomic E-state index is -0.686. The molecule has 0 spiro atoms.